The topological polar surface area (TPSA) is 54.5 Å². The van der Waals surface area contributed by atoms with Gasteiger partial charge in [0, 0.05) is 44.6 Å². The van der Waals surface area contributed by atoms with Crippen LogP contribution in [0.4, 0.5) is 5.13 Å². The fraction of sp³-hybridized carbons (Fsp3) is 0.692. The van der Waals surface area contributed by atoms with Gasteiger partial charge in [-0.05, 0) is 19.8 Å². The molecule has 0 atom stereocenters. The molecule has 0 radical (unpaired) electrons. The van der Waals surface area contributed by atoms with Crippen LogP contribution in [0.5, 0.6) is 0 Å². The molecule has 1 aliphatic rings. The molecule has 0 aliphatic carbocycles. The molecule has 0 saturated carbocycles. The van der Waals surface area contributed by atoms with Crippen LogP contribution in [0, 0.1) is 0 Å². The van der Waals surface area contributed by atoms with E-state index in [0.717, 1.165) is 43.4 Å². The van der Waals surface area contributed by atoms with Crippen LogP contribution in [0.25, 0.3) is 0 Å². The minimum atomic E-state index is 0.0424. The van der Waals surface area contributed by atoms with Gasteiger partial charge in [0.1, 0.15) is 0 Å². The number of carbonyl (C=O) groups is 1. The Morgan fingerprint density at radius 3 is 2.95 bits per heavy atom. The molecule has 1 saturated heterocycles. The van der Waals surface area contributed by atoms with Crippen molar-refractivity contribution in [3.05, 3.63) is 11.1 Å². The van der Waals surface area contributed by atoms with Crippen molar-refractivity contribution in [1.29, 1.82) is 0 Å². The molecule has 1 N–H and O–H groups in total. The molecule has 1 amide bonds. The summed E-state index contributed by atoms with van der Waals surface area (Å²) in [6.07, 6.45) is 2.12. The van der Waals surface area contributed by atoms with Gasteiger partial charge in [-0.25, -0.2) is 4.98 Å². The van der Waals surface area contributed by atoms with Crippen LogP contribution in [-0.4, -0.2) is 36.7 Å². The molecular formula is C13H21N3O2S. The fourth-order valence-corrected chi connectivity index (χ4v) is 3.08. The second-order valence-electron chi connectivity index (χ2n) is 4.65. The molecule has 19 heavy (non-hydrogen) atoms. The van der Waals surface area contributed by atoms with E-state index in [1.807, 2.05) is 12.3 Å². The molecular weight excluding hydrogens is 262 g/mol. The summed E-state index contributed by atoms with van der Waals surface area (Å²) in [6, 6.07) is 0.522. The maximum atomic E-state index is 11.5. The molecule has 0 unspecified atom stereocenters. The lowest BCUT2D eigenvalue weighted by molar-refractivity contribution is -0.116. The van der Waals surface area contributed by atoms with Crippen LogP contribution in [0.3, 0.4) is 0 Å². The number of rotatable bonds is 5. The standard InChI is InChI=1S/C13H21N3O2S/c1-3-16(10(2)17)13-15-12(9-19-13)8-14-11-4-6-18-7-5-11/h9,11,14H,3-8H2,1-2H3. The highest BCUT2D eigenvalue weighted by Gasteiger charge is 2.15. The summed E-state index contributed by atoms with van der Waals surface area (Å²) in [5.41, 5.74) is 1.01. The van der Waals surface area contributed by atoms with Crippen LogP contribution < -0.4 is 10.2 Å². The van der Waals surface area contributed by atoms with Crippen molar-refractivity contribution in [2.24, 2.45) is 0 Å². The molecule has 6 heteroatoms. The van der Waals surface area contributed by atoms with Gasteiger partial charge >= 0.3 is 0 Å². The van der Waals surface area contributed by atoms with E-state index < -0.39 is 0 Å². The van der Waals surface area contributed by atoms with Gasteiger partial charge in [-0.1, -0.05) is 0 Å². The van der Waals surface area contributed by atoms with Crippen molar-refractivity contribution in [2.75, 3.05) is 24.7 Å². The van der Waals surface area contributed by atoms with Gasteiger partial charge in [0.15, 0.2) is 5.13 Å². The van der Waals surface area contributed by atoms with Crippen molar-refractivity contribution in [3.63, 3.8) is 0 Å². The first-order valence-corrected chi connectivity index (χ1v) is 7.62. The summed E-state index contributed by atoms with van der Waals surface area (Å²) in [7, 11) is 0. The molecule has 1 fully saturated rings. The van der Waals surface area contributed by atoms with Crippen molar-refractivity contribution in [1.82, 2.24) is 10.3 Å². The Balaban J connectivity index is 1.87. The van der Waals surface area contributed by atoms with E-state index >= 15 is 0 Å². The highest BCUT2D eigenvalue weighted by Crippen LogP contribution is 2.20. The number of thiazole rings is 1. The van der Waals surface area contributed by atoms with E-state index in [9.17, 15) is 4.79 Å². The zero-order valence-electron chi connectivity index (χ0n) is 11.5. The van der Waals surface area contributed by atoms with Gasteiger partial charge in [-0.2, -0.15) is 0 Å². The maximum Gasteiger partial charge on any atom is 0.225 e. The zero-order valence-corrected chi connectivity index (χ0v) is 12.3. The summed E-state index contributed by atoms with van der Waals surface area (Å²) in [5, 5.41) is 6.31. The first-order valence-electron chi connectivity index (χ1n) is 6.74. The predicted octanol–water partition coefficient (Wildman–Crippen LogP) is 1.78. The first kappa shape index (κ1) is 14.4. The SMILES string of the molecule is CCN(C(C)=O)c1nc(CNC2CCOCC2)cs1. The van der Waals surface area contributed by atoms with Gasteiger partial charge in [0.2, 0.25) is 5.91 Å². The van der Waals surface area contributed by atoms with E-state index in [4.69, 9.17) is 4.74 Å². The van der Waals surface area contributed by atoms with Crippen LogP contribution in [0.15, 0.2) is 5.38 Å². The first-order chi connectivity index (χ1) is 9.20. The number of nitrogens with zero attached hydrogens (tertiary/aromatic N) is 2. The minimum Gasteiger partial charge on any atom is -0.381 e. The Morgan fingerprint density at radius 2 is 2.32 bits per heavy atom. The Hall–Kier alpha value is -0.980. The van der Waals surface area contributed by atoms with Crippen LogP contribution in [-0.2, 0) is 16.1 Å². The van der Waals surface area contributed by atoms with Gasteiger partial charge < -0.3 is 10.1 Å². The molecule has 1 aromatic heterocycles. The van der Waals surface area contributed by atoms with E-state index in [2.05, 4.69) is 10.3 Å². The summed E-state index contributed by atoms with van der Waals surface area (Å²) < 4.78 is 5.33. The Kier molecular flexibility index (Phi) is 5.30. The molecule has 1 aliphatic heterocycles. The number of amides is 1. The molecule has 106 valence electrons. The Bertz CT molecular complexity index is 416. The molecule has 0 bridgehead atoms. The van der Waals surface area contributed by atoms with E-state index in [1.54, 1.807) is 11.8 Å². The van der Waals surface area contributed by atoms with E-state index in [-0.39, 0.29) is 5.91 Å². The molecule has 0 aromatic carbocycles. The Labute approximate surface area is 118 Å². The Morgan fingerprint density at radius 1 is 1.58 bits per heavy atom. The van der Waals surface area contributed by atoms with Gasteiger partial charge in [0.05, 0.1) is 5.69 Å². The minimum absolute atomic E-state index is 0.0424. The number of anilines is 1. The highest BCUT2D eigenvalue weighted by molar-refractivity contribution is 7.14. The molecule has 1 aromatic rings. The summed E-state index contributed by atoms with van der Waals surface area (Å²) in [5.74, 6) is 0.0424. The second kappa shape index (κ2) is 6.98. The molecule has 0 spiro atoms. The van der Waals surface area contributed by atoms with Crippen molar-refractivity contribution >= 4 is 22.4 Å². The normalized spacial score (nSPS) is 16.5. The average Bonchev–Trinajstić information content (AvgIpc) is 2.87. The molecule has 2 rings (SSSR count). The second-order valence-corrected chi connectivity index (χ2v) is 5.49. The quantitative estimate of drug-likeness (QED) is 0.895. The van der Waals surface area contributed by atoms with Gasteiger partial charge in [-0.15, -0.1) is 11.3 Å². The number of aromatic nitrogens is 1. The third-order valence-corrected chi connectivity index (χ3v) is 4.17. The third kappa shape index (κ3) is 3.99. The fourth-order valence-electron chi connectivity index (χ4n) is 2.14. The van der Waals surface area contributed by atoms with Gasteiger partial charge in [-0.3, -0.25) is 9.69 Å². The number of hydrogen-bond donors (Lipinski definition) is 1. The van der Waals surface area contributed by atoms with E-state index in [0.29, 0.717) is 12.6 Å². The smallest absolute Gasteiger partial charge is 0.225 e. The number of nitrogens with one attached hydrogen (secondary N) is 1. The lowest BCUT2D eigenvalue weighted by Gasteiger charge is -2.22. The van der Waals surface area contributed by atoms with Crippen molar-refractivity contribution in [2.45, 2.75) is 39.3 Å². The predicted molar refractivity (Wildman–Crippen MR) is 76.5 cm³/mol. The summed E-state index contributed by atoms with van der Waals surface area (Å²) in [4.78, 5) is 17.7. The monoisotopic (exact) mass is 283 g/mol. The average molecular weight is 283 g/mol. The lowest BCUT2D eigenvalue weighted by Crippen LogP contribution is -2.34. The van der Waals surface area contributed by atoms with Gasteiger partial charge in [0.25, 0.3) is 0 Å². The van der Waals surface area contributed by atoms with E-state index in [1.165, 1.54) is 11.3 Å². The number of ether oxygens (including phenoxy) is 1. The molecule has 2 heterocycles. The van der Waals surface area contributed by atoms with Crippen LogP contribution in [0.1, 0.15) is 32.4 Å². The largest absolute Gasteiger partial charge is 0.381 e. The molecule has 5 nitrogen and oxygen atoms in total. The summed E-state index contributed by atoms with van der Waals surface area (Å²) in [6.45, 7) is 6.64. The number of hydrogen-bond acceptors (Lipinski definition) is 5. The lowest BCUT2D eigenvalue weighted by atomic mass is 10.1. The maximum absolute atomic E-state index is 11.5. The van der Waals surface area contributed by atoms with Crippen molar-refractivity contribution < 1.29 is 9.53 Å². The van der Waals surface area contributed by atoms with Crippen LogP contribution >= 0.6 is 11.3 Å². The zero-order chi connectivity index (χ0) is 13.7. The summed E-state index contributed by atoms with van der Waals surface area (Å²) >= 11 is 1.53. The van der Waals surface area contributed by atoms with Crippen LogP contribution in [0.2, 0.25) is 0 Å². The highest BCUT2D eigenvalue weighted by atomic mass is 32.1. The van der Waals surface area contributed by atoms with Crippen molar-refractivity contribution in [3.8, 4) is 0 Å². The third-order valence-electron chi connectivity index (χ3n) is 3.26. The number of carbonyl (C=O) groups excluding carboxylic acids is 1.